The van der Waals surface area contributed by atoms with Gasteiger partial charge in [0, 0.05) is 30.9 Å². The highest BCUT2D eigenvalue weighted by Crippen LogP contribution is 2.33. The summed E-state index contributed by atoms with van der Waals surface area (Å²) in [7, 11) is 2.32. The zero-order valence-electron chi connectivity index (χ0n) is 15.4. The molecule has 1 aromatic rings. The highest BCUT2D eigenvalue weighted by Gasteiger charge is 2.34. The average Bonchev–Trinajstić information content (AvgIpc) is 2.62. The zero-order valence-corrected chi connectivity index (χ0v) is 15.4. The summed E-state index contributed by atoms with van der Waals surface area (Å²) < 4.78 is 0. The van der Waals surface area contributed by atoms with Gasteiger partial charge in [0.15, 0.2) is 0 Å². The van der Waals surface area contributed by atoms with E-state index in [1.54, 1.807) is 0 Å². The molecule has 0 aliphatic carbocycles. The van der Waals surface area contributed by atoms with Gasteiger partial charge in [-0.2, -0.15) is 0 Å². The third-order valence-electron chi connectivity index (χ3n) is 6.67. The van der Waals surface area contributed by atoms with Crippen molar-refractivity contribution in [3.05, 3.63) is 29.8 Å². The Balaban J connectivity index is 1.40. The van der Waals surface area contributed by atoms with E-state index in [0.29, 0.717) is 6.04 Å². The molecule has 3 saturated heterocycles. The van der Waals surface area contributed by atoms with Gasteiger partial charge in [0.25, 0.3) is 0 Å². The number of nitrogens with zero attached hydrogens (tertiary/aromatic N) is 2. The van der Waals surface area contributed by atoms with Gasteiger partial charge in [-0.05, 0) is 81.8 Å². The summed E-state index contributed by atoms with van der Waals surface area (Å²) in [5, 5.41) is 3.71. The van der Waals surface area contributed by atoms with Crippen LogP contribution in [0.5, 0.6) is 0 Å². The quantitative estimate of drug-likeness (QED) is 0.894. The van der Waals surface area contributed by atoms with Crippen LogP contribution in [0.15, 0.2) is 24.3 Å². The minimum Gasteiger partial charge on any atom is -0.371 e. The van der Waals surface area contributed by atoms with Crippen LogP contribution in [0, 0.1) is 11.8 Å². The van der Waals surface area contributed by atoms with Crippen LogP contribution in [0.4, 0.5) is 5.69 Å². The lowest BCUT2D eigenvalue weighted by atomic mass is 9.84. The number of fused-ring (bicyclic) bond motifs is 1. The molecule has 0 amide bonds. The molecule has 0 spiro atoms. The fraction of sp³-hybridized carbons (Fsp3) is 0.714. The second-order valence-corrected chi connectivity index (χ2v) is 8.42. The minimum atomic E-state index is 0.563. The van der Waals surface area contributed by atoms with E-state index in [1.807, 2.05) is 0 Å². The van der Waals surface area contributed by atoms with E-state index in [9.17, 15) is 0 Å². The molecule has 3 heteroatoms. The molecule has 0 saturated carbocycles. The van der Waals surface area contributed by atoms with Crippen LogP contribution in [0.2, 0.25) is 0 Å². The normalized spacial score (nSPS) is 34.8. The predicted octanol–water partition coefficient (Wildman–Crippen LogP) is 3.67. The molecule has 0 bridgehead atoms. The van der Waals surface area contributed by atoms with E-state index < -0.39 is 0 Å². The topological polar surface area (TPSA) is 18.5 Å². The summed E-state index contributed by atoms with van der Waals surface area (Å²) in [5.74, 6) is 1.69. The van der Waals surface area contributed by atoms with Crippen molar-refractivity contribution < 1.29 is 0 Å². The average molecular weight is 328 g/mol. The fourth-order valence-electron chi connectivity index (χ4n) is 5.09. The molecule has 0 aromatic heterocycles. The van der Waals surface area contributed by atoms with E-state index in [2.05, 4.69) is 53.4 Å². The van der Waals surface area contributed by atoms with Gasteiger partial charge in [-0.1, -0.05) is 19.1 Å². The first-order valence-corrected chi connectivity index (χ1v) is 9.99. The Bertz CT molecular complexity index is 533. The first-order chi connectivity index (χ1) is 11.7. The minimum absolute atomic E-state index is 0.563. The molecule has 3 aliphatic heterocycles. The summed E-state index contributed by atoms with van der Waals surface area (Å²) in [6.07, 6.45) is 6.73. The molecule has 1 N–H and O–H groups in total. The molecule has 3 heterocycles. The molecule has 0 unspecified atom stereocenters. The highest BCUT2D eigenvalue weighted by molar-refractivity contribution is 5.48. The van der Waals surface area contributed by atoms with Crippen LogP contribution in [-0.4, -0.2) is 44.2 Å². The SMILES string of the molecule is C[C@H]1CC[C@H](c2ccc(N3CC[C@@H]4[C@@H](CCCN4C)C3)cc2)NC1. The van der Waals surface area contributed by atoms with E-state index in [-0.39, 0.29) is 0 Å². The molecular formula is C21H33N3. The van der Waals surface area contributed by atoms with E-state index >= 15 is 0 Å². The number of hydrogen-bond donors (Lipinski definition) is 1. The Kier molecular flexibility index (Phi) is 4.82. The maximum Gasteiger partial charge on any atom is 0.0366 e. The summed E-state index contributed by atoms with van der Waals surface area (Å²) >= 11 is 0. The Morgan fingerprint density at radius 3 is 2.58 bits per heavy atom. The molecule has 3 nitrogen and oxygen atoms in total. The van der Waals surface area contributed by atoms with Crippen LogP contribution in [0.3, 0.4) is 0 Å². The lowest BCUT2D eigenvalue weighted by Gasteiger charge is -2.46. The lowest BCUT2D eigenvalue weighted by Crippen LogP contribution is -2.52. The number of rotatable bonds is 2. The molecule has 1 aromatic carbocycles. The molecule has 132 valence electrons. The number of likely N-dealkylation sites (tertiary alicyclic amines) is 1. The van der Waals surface area contributed by atoms with Crippen LogP contribution >= 0.6 is 0 Å². The van der Waals surface area contributed by atoms with Crippen molar-refractivity contribution in [1.82, 2.24) is 10.2 Å². The van der Waals surface area contributed by atoms with Gasteiger partial charge in [-0.25, -0.2) is 0 Å². The van der Waals surface area contributed by atoms with Gasteiger partial charge in [0.1, 0.15) is 0 Å². The van der Waals surface area contributed by atoms with Gasteiger partial charge in [-0.15, -0.1) is 0 Å². The van der Waals surface area contributed by atoms with E-state index in [1.165, 1.54) is 63.0 Å². The second kappa shape index (κ2) is 7.05. The summed E-state index contributed by atoms with van der Waals surface area (Å²) in [4.78, 5) is 5.23. The van der Waals surface area contributed by atoms with Crippen molar-refractivity contribution in [2.24, 2.45) is 11.8 Å². The first-order valence-electron chi connectivity index (χ1n) is 9.99. The maximum absolute atomic E-state index is 3.71. The van der Waals surface area contributed by atoms with Gasteiger partial charge in [0.2, 0.25) is 0 Å². The van der Waals surface area contributed by atoms with Gasteiger partial charge in [0.05, 0.1) is 0 Å². The lowest BCUT2D eigenvalue weighted by molar-refractivity contribution is 0.102. The van der Waals surface area contributed by atoms with Gasteiger partial charge >= 0.3 is 0 Å². The molecular weight excluding hydrogens is 294 g/mol. The molecule has 4 atom stereocenters. The number of benzene rings is 1. The van der Waals surface area contributed by atoms with E-state index in [0.717, 1.165) is 24.4 Å². The second-order valence-electron chi connectivity index (χ2n) is 8.42. The summed E-state index contributed by atoms with van der Waals surface area (Å²) in [6.45, 7) is 7.26. The van der Waals surface area contributed by atoms with Crippen molar-refractivity contribution in [1.29, 1.82) is 0 Å². The largest absolute Gasteiger partial charge is 0.371 e. The maximum atomic E-state index is 3.71. The Hall–Kier alpha value is -1.06. The zero-order chi connectivity index (χ0) is 16.5. The monoisotopic (exact) mass is 327 g/mol. The van der Waals surface area contributed by atoms with Crippen molar-refractivity contribution in [3.8, 4) is 0 Å². The van der Waals surface area contributed by atoms with Crippen LogP contribution in [-0.2, 0) is 0 Å². The van der Waals surface area contributed by atoms with Crippen LogP contribution in [0.1, 0.15) is 50.6 Å². The number of piperidine rings is 3. The standard InChI is InChI=1S/C21H33N3/c1-16-5-10-20(22-14-16)17-6-8-19(9-7-17)24-13-11-21-18(15-24)4-3-12-23(21)2/h6-9,16,18,20-22H,3-5,10-15H2,1-2H3/t16-,18-,20+,21+/m0/s1. The number of hydrogen-bond acceptors (Lipinski definition) is 3. The fourth-order valence-corrected chi connectivity index (χ4v) is 5.09. The molecule has 3 fully saturated rings. The molecule has 3 aliphatic rings. The van der Waals surface area contributed by atoms with Gasteiger partial charge in [-0.3, -0.25) is 0 Å². The highest BCUT2D eigenvalue weighted by atomic mass is 15.2. The predicted molar refractivity (Wildman–Crippen MR) is 102 cm³/mol. The van der Waals surface area contributed by atoms with Crippen molar-refractivity contribution in [2.75, 3.05) is 38.1 Å². The third-order valence-corrected chi connectivity index (χ3v) is 6.67. The Morgan fingerprint density at radius 1 is 1.00 bits per heavy atom. The van der Waals surface area contributed by atoms with Crippen molar-refractivity contribution in [3.63, 3.8) is 0 Å². The molecule has 4 rings (SSSR count). The number of nitrogens with one attached hydrogen (secondary N) is 1. The third kappa shape index (κ3) is 3.34. The van der Waals surface area contributed by atoms with Crippen LogP contribution < -0.4 is 10.2 Å². The number of anilines is 1. The van der Waals surface area contributed by atoms with Crippen LogP contribution in [0.25, 0.3) is 0 Å². The summed E-state index contributed by atoms with van der Waals surface area (Å²) in [5.41, 5.74) is 2.90. The first kappa shape index (κ1) is 16.4. The Labute approximate surface area is 147 Å². The Morgan fingerprint density at radius 2 is 1.83 bits per heavy atom. The van der Waals surface area contributed by atoms with Gasteiger partial charge < -0.3 is 15.1 Å². The summed E-state index contributed by atoms with van der Waals surface area (Å²) in [6, 6.07) is 10.8. The smallest absolute Gasteiger partial charge is 0.0366 e. The van der Waals surface area contributed by atoms with Crippen molar-refractivity contribution in [2.45, 2.75) is 51.1 Å². The molecule has 24 heavy (non-hydrogen) atoms. The van der Waals surface area contributed by atoms with E-state index in [4.69, 9.17) is 0 Å². The van der Waals surface area contributed by atoms with Crippen molar-refractivity contribution >= 4 is 5.69 Å². The molecule has 0 radical (unpaired) electrons.